The summed E-state index contributed by atoms with van der Waals surface area (Å²) in [6.07, 6.45) is 0.901. The van der Waals surface area contributed by atoms with Gasteiger partial charge in [0.25, 0.3) is 0 Å². The van der Waals surface area contributed by atoms with Crippen LogP contribution in [0.2, 0.25) is 0 Å². The number of hydrogen-bond donors (Lipinski definition) is 1. The van der Waals surface area contributed by atoms with Gasteiger partial charge >= 0.3 is 0 Å². The molecular weight excluding hydrogens is 338 g/mol. The van der Waals surface area contributed by atoms with Crippen molar-refractivity contribution in [3.05, 3.63) is 44.1 Å². The average molecular weight is 354 g/mol. The molecule has 0 radical (unpaired) electrons. The van der Waals surface area contributed by atoms with E-state index in [9.17, 15) is 0 Å². The van der Waals surface area contributed by atoms with Crippen LogP contribution in [0.25, 0.3) is 0 Å². The molecule has 2 heterocycles. The van der Waals surface area contributed by atoms with E-state index >= 15 is 0 Å². The molecule has 1 aromatic carbocycles. The third kappa shape index (κ3) is 2.71. The highest BCUT2D eigenvalue weighted by Gasteiger charge is 2.19. The Morgan fingerprint density at radius 1 is 1.20 bits per heavy atom. The summed E-state index contributed by atoms with van der Waals surface area (Å²) in [6, 6.07) is 7.97. The topological polar surface area (TPSA) is 44.5 Å². The minimum atomic E-state index is -0.153. The van der Waals surface area contributed by atoms with E-state index in [0.717, 1.165) is 32.8 Å². The van der Waals surface area contributed by atoms with E-state index < -0.39 is 0 Å². The molecule has 5 heteroatoms. The number of hydrogen-bond acceptors (Lipinski definition) is 4. The minimum absolute atomic E-state index is 0.153. The molecule has 2 aromatic rings. The van der Waals surface area contributed by atoms with Crippen molar-refractivity contribution in [2.45, 2.75) is 19.4 Å². The van der Waals surface area contributed by atoms with E-state index in [1.807, 2.05) is 12.1 Å². The smallest absolute Gasteiger partial charge is 0.162 e. The molecule has 0 fully saturated rings. The van der Waals surface area contributed by atoms with Crippen LogP contribution in [0.4, 0.5) is 0 Å². The highest BCUT2D eigenvalue weighted by atomic mass is 79.9. The Bertz CT molecular complexity index is 626. The summed E-state index contributed by atoms with van der Waals surface area (Å²) in [4.78, 5) is 2.42. The molecule has 106 valence electrons. The first kappa shape index (κ1) is 13.9. The second-order valence-electron chi connectivity index (χ2n) is 4.80. The van der Waals surface area contributed by atoms with Crippen LogP contribution >= 0.6 is 27.3 Å². The fourth-order valence-electron chi connectivity index (χ4n) is 2.21. The molecule has 0 saturated carbocycles. The Hall–Kier alpha value is -1.04. The molecule has 0 bridgehead atoms. The van der Waals surface area contributed by atoms with Gasteiger partial charge in [-0.1, -0.05) is 15.9 Å². The molecule has 0 spiro atoms. The average Bonchev–Trinajstić information content (AvgIpc) is 2.73. The lowest BCUT2D eigenvalue weighted by Gasteiger charge is -2.16. The standard InChI is InChI=1S/C15H16BrNO2S/c1-9-3-4-14(20-9)15(17)10-7-12-13(8-11(10)16)19-6-2-5-18-12/h3-4,7-8,15H,2,5-6,17H2,1H3. The molecule has 1 aliphatic rings. The van der Waals surface area contributed by atoms with Crippen LogP contribution in [0.1, 0.15) is 27.8 Å². The first-order valence-electron chi connectivity index (χ1n) is 6.56. The zero-order chi connectivity index (χ0) is 14.1. The number of rotatable bonds is 2. The van der Waals surface area contributed by atoms with Crippen molar-refractivity contribution >= 4 is 27.3 Å². The van der Waals surface area contributed by atoms with Crippen molar-refractivity contribution in [2.75, 3.05) is 13.2 Å². The van der Waals surface area contributed by atoms with Crippen LogP contribution in [-0.4, -0.2) is 13.2 Å². The van der Waals surface area contributed by atoms with Gasteiger partial charge in [-0.2, -0.15) is 0 Å². The molecular formula is C15H16BrNO2S. The van der Waals surface area contributed by atoms with Crippen molar-refractivity contribution < 1.29 is 9.47 Å². The molecule has 20 heavy (non-hydrogen) atoms. The third-order valence-corrected chi connectivity index (χ3v) is 5.04. The summed E-state index contributed by atoms with van der Waals surface area (Å²) in [7, 11) is 0. The number of halogens is 1. The second-order valence-corrected chi connectivity index (χ2v) is 6.97. The van der Waals surface area contributed by atoms with Crippen LogP contribution in [0.5, 0.6) is 11.5 Å². The van der Waals surface area contributed by atoms with Gasteiger partial charge in [-0.25, -0.2) is 0 Å². The van der Waals surface area contributed by atoms with Gasteiger partial charge in [-0.05, 0) is 36.8 Å². The quantitative estimate of drug-likeness (QED) is 0.886. The lowest BCUT2D eigenvalue weighted by Crippen LogP contribution is -2.11. The van der Waals surface area contributed by atoms with Crippen molar-refractivity contribution in [3.63, 3.8) is 0 Å². The minimum Gasteiger partial charge on any atom is -0.490 e. The largest absolute Gasteiger partial charge is 0.490 e. The summed E-state index contributed by atoms with van der Waals surface area (Å²) >= 11 is 5.32. The van der Waals surface area contributed by atoms with Crippen molar-refractivity contribution in [1.29, 1.82) is 0 Å². The maximum atomic E-state index is 6.39. The van der Waals surface area contributed by atoms with Crippen molar-refractivity contribution in [1.82, 2.24) is 0 Å². The first-order valence-corrected chi connectivity index (χ1v) is 8.17. The Labute approximate surface area is 130 Å². The Morgan fingerprint density at radius 2 is 1.90 bits per heavy atom. The normalized spacial score (nSPS) is 15.8. The fourth-order valence-corrected chi connectivity index (χ4v) is 3.68. The molecule has 1 aromatic heterocycles. The van der Waals surface area contributed by atoms with Gasteiger partial charge < -0.3 is 15.2 Å². The van der Waals surface area contributed by atoms with E-state index in [-0.39, 0.29) is 6.04 Å². The first-order chi connectivity index (χ1) is 9.65. The predicted molar refractivity (Wildman–Crippen MR) is 84.8 cm³/mol. The molecule has 3 rings (SSSR count). The number of thiophene rings is 1. The van der Waals surface area contributed by atoms with Crippen molar-refractivity contribution in [3.8, 4) is 11.5 Å². The Kier molecular flexibility index (Phi) is 4.01. The van der Waals surface area contributed by atoms with Crippen LogP contribution in [0.3, 0.4) is 0 Å². The summed E-state index contributed by atoms with van der Waals surface area (Å²) in [5.41, 5.74) is 7.41. The molecule has 1 atom stereocenters. The molecule has 0 amide bonds. The van der Waals surface area contributed by atoms with Crippen LogP contribution in [0, 0.1) is 6.92 Å². The molecule has 1 unspecified atom stereocenters. The zero-order valence-corrected chi connectivity index (χ0v) is 13.6. The zero-order valence-electron chi connectivity index (χ0n) is 11.2. The van der Waals surface area contributed by atoms with Crippen LogP contribution in [-0.2, 0) is 0 Å². The molecule has 0 saturated heterocycles. The molecule has 1 aliphatic heterocycles. The van der Waals surface area contributed by atoms with E-state index in [4.69, 9.17) is 15.2 Å². The molecule has 3 nitrogen and oxygen atoms in total. The van der Waals surface area contributed by atoms with Gasteiger partial charge in [0.15, 0.2) is 11.5 Å². The predicted octanol–water partition coefficient (Wildman–Crippen LogP) is 4.03. The summed E-state index contributed by atoms with van der Waals surface area (Å²) < 4.78 is 12.4. The lowest BCUT2D eigenvalue weighted by atomic mass is 10.1. The Morgan fingerprint density at radius 3 is 2.55 bits per heavy atom. The lowest BCUT2D eigenvalue weighted by molar-refractivity contribution is 0.297. The third-order valence-electron chi connectivity index (χ3n) is 3.27. The van der Waals surface area contributed by atoms with E-state index in [1.165, 1.54) is 4.88 Å². The van der Waals surface area contributed by atoms with Gasteiger partial charge in [-0.3, -0.25) is 0 Å². The number of nitrogens with two attached hydrogens (primary N) is 1. The number of fused-ring (bicyclic) bond motifs is 1. The van der Waals surface area contributed by atoms with Gasteiger partial charge in [0.1, 0.15) is 0 Å². The van der Waals surface area contributed by atoms with Crippen LogP contribution in [0.15, 0.2) is 28.7 Å². The SMILES string of the molecule is Cc1ccc(C(N)c2cc3c(cc2Br)OCCCO3)s1. The van der Waals surface area contributed by atoms with Gasteiger partial charge in [0, 0.05) is 20.6 Å². The highest BCUT2D eigenvalue weighted by Crippen LogP contribution is 2.39. The van der Waals surface area contributed by atoms with Crippen molar-refractivity contribution in [2.24, 2.45) is 5.73 Å². The fraction of sp³-hybridized carbons (Fsp3) is 0.333. The maximum Gasteiger partial charge on any atom is 0.162 e. The number of ether oxygens (including phenoxy) is 2. The van der Waals surface area contributed by atoms with Gasteiger partial charge in [0.2, 0.25) is 0 Å². The summed E-state index contributed by atoms with van der Waals surface area (Å²) in [5.74, 6) is 1.57. The van der Waals surface area contributed by atoms with E-state index in [1.54, 1.807) is 11.3 Å². The van der Waals surface area contributed by atoms with E-state index in [2.05, 4.69) is 35.0 Å². The monoisotopic (exact) mass is 353 g/mol. The van der Waals surface area contributed by atoms with Gasteiger partial charge in [0.05, 0.1) is 19.3 Å². The highest BCUT2D eigenvalue weighted by molar-refractivity contribution is 9.10. The maximum absolute atomic E-state index is 6.39. The number of benzene rings is 1. The molecule has 0 aliphatic carbocycles. The Balaban J connectivity index is 1.99. The number of aryl methyl sites for hydroxylation is 1. The van der Waals surface area contributed by atoms with Crippen LogP contribution < -0.4 is 15.2 Å². The summed E-state index contributed by atoms with van der Waals surface area (Å²) in [5, 5.41) is 0. The molecule has 2 N–H and O–H groups in total. The van der Waals surface area contributed by atoms with Gasteiger partial charge in [-0.15, -0.1) is 11.3 Å². The second kappa shape index (κ2) is 5.76. The summed E-state index contributed by atoms with van der Waals surface area (Å²) in [6.45, 7) is 3.46. The van der Waals surface area contributed by atoms with E-state index in [0.29, 0.717) is 13.2 Å².